The quantitative estimate of drug-likeness (QED) is 0.886. The maximum absolute atomic E-state index is 5.23. The van der Waals surface area contributed by atoms with E-state index in [0.717, 1.165) is 16.8 Å². The largest absolute Gasteiger partial charge is 0.496 e. The van der Waals surface area contributed by atoms with Crippen LogP contribution in [-0.2, 0) is 6.54 Å². The Hall–Kier alpha value is -1.32. The lowest BCUT2D eigenvalue weighted by Crippen LogP contribution is -2.17. The van der Waals surface area contributed by atoms with Gasteiger partial charge in [-0.05, 0) is 46.1 Å². The number of hydrogen-bond acceptors (Lipinski definition) is 2. The van der Waals surface area contributed by atoms with Crippen molar-refractivity contribution in [3.8, 4) is 5.75 Å². The first-order chi connectivity index (χ1) is 9.20. The Balaban J connectivity index is 1.97. The monoisotopic (exact) mass is 319 g/mol. The average Bonchev–Trinajstić information content (AvgIpc) is 2.46. The zero-order valence-corrected chi connectivity index (χ0v) is 12.8. The molecule has 0 spiro atoms. The first-order valence-electron chi connectivity index (χ1n) is 6.31. The second kappa shape index (κ2) is 6.73. The SMILES string of the molecule is COc1ccc(CNC(C)c2ccccc2)cc1Br. The van der Waals surface area contributed by atoms with Crippen LogP contribution < -0.4 is 10.1 Å². The molecule has 100 valence electrons. The zero-order chi connectivity index (χ0) is 13.7. The maximum Gasteiger partial charge on any atom is 0.133 e. The smallest absolute Gasteiger partial charge is 0.133 e. The second-order valence-corrected chi connectivity index (χ2v) is 5.34. The molecule has 0 fully saturated rings. The van der Waals surface area contributed by atoms with Crippen molar-refractivity contribution in [2.24, 2.45) is 0 Å². The molecule has 3 heteroatoms. The van der Waals surface area contributed by atoms with Crippen LogP contribution in [0, 0.1) is 0 Å². The summed E-state index contributed by atoms with van der Waals surface area (Å²) in [5.41, 5.74) is 2.53. The number of rotatable bonds is 5. The fraction of sp³-hybridized carbons (Fsp3) is 0.250. The Bertz CT molecular complexity index is 528. The number of halogens is 1. The van der Waals surface area contributed by atoms with Crippen LogP contribution >= 0.6 is 15.9 Å². The minimum Gasteiger partial charge on any atom is -0.496 e. The minimum absolute atomic E-state index is 0.335. The van der Waals surface area contributed by atoms with E-state index in [1.165, 1.54) is 11.1 Å². The highest BCUT2D eigenvalue weighted by atomic mass is 79.9. The van der Waals surface area contributed by atoms with Crippen LogP contribution in [0.15, 0.2) is 53.0 Å². The van der Waals surface area contributed by atoms with Gasteiger partial charge in [0, 0.05) is 12.6 Å². The van der Waals surface area contributed by atoms with Crippen molar-refractivity contribution in [2.75, 3.05) is 7.11 Å². The summed E-state index contributed by atoms with van der Waals surface area (Å²) in [5, 5.41) is 3.52. The predicted molar refractivity (Wildman–Crippen MR) is 82.4 cm³/mol. The summed E-state index contributed by atoms with van der Waals surface area (Å²) in [5.74, 6) is 0.861. The van der Waals surface area contributed by atoms with Gasteiger partial charge in [-0.1, -0.05) is 36.4 Å². The first kappa shape index (κ1) is 14.1. The Morgan fingerprint density at radius 1 is 1.16 bits per heavy atom. The van der Waals surface area contributed by atoms with Gasteiger partial charge >= 0.3 is 0 Å². The Kier molecular flexibility index (Phi) is 5.00. The summed E-state index contributed by atoms with van der Waals surface area (Å²) in [6, 6.07) is 16.9. The molecule has 1 unspecified atom stereocenters. The number of ether oxygens (including phenoxy) is 1. The van der Waals surface area contributed by atoms with Crippen molar-refractivity contribution >= 4 is 15.9 Å². The molecule has 2 rings (SSSR count). The fourth-order valence-corrected chi connectivity index (χ4v) is 2.54. The molecular weight excluding hydrogens is 302 g/mol. The fourth-order valence-electron chi connectivity index (χ4n) is 1.95. The van der Waals surface area contributed by atoms with Gasteiger partial charge in [0.25, 0.3) is 0 Å². The lowest BCUT2D eigenvalue weighted by atomic mass is 10.1. The minimum atomic E-state index is 0.335. The van der Waals surface area contributed by atoms with Gasteiger partial charge in [0.05, 0.1) is 11.6 Å². The van der Waals surface area contributed by atoms with Crippen molar-refractivity contribution in [3.63, 3.8) is 0 Å². The van der Waals surface area contributed by atoms with Crippen molar-refractivity contribution in [1.29, 1.82) is 0 Å². The zero-order valence-electron chi connectivity index (χ0n) is 11.2. The molecule has 0 aliphatic rings. The Morgan fingerprint density at radius 3 is 2.53 bits per heavy atom. The Morgan fingerprint density at radius 2 is 1.89 bits per heavy atom. The van der Waals surface area contributed by atoms with E-state index in [1.54, 1.807) is 7.11 Å². The van der Waals surface area contributed by atoms with E-state index in [4.69, 9.17) is 4.74 Å². The van der Waals surface area contributed by atoms with Gasteiger partial charge in [-0.3, -0.25) is 0 Å². The number of methoxy groups -OCH3 is 1. The van der Waals surface area contributed by atoms with Gasteiger partial charge in [-0.2, -0.15) is 0 Å². The highest BCUT2D eigenvalue weighted by Crippen LogP contribution is 2.25. The van der Waals surface area contributed by atoms with Crippen molar-refractivity contribution in [3.05, 3.63) is 64.1 Å². The molecule has 0 amide bonds. The van der Waals surface area contributed by atoms with E-state index < -0.39 is 0 Å². The lowest BCUT2D eigenvalue weighted by Gasteiger charge is -2.14. The van der Waals surface area contributed by atoms with Crippen molar-refractivity contribution in [1.82, 2.24) is 5.32 Å². The molecule has 19 heavy (non-hydrogen) atoms. The van der Waals surface area contributed by atoms with Gasteiger partial charge in [-0.25, -0.2) is 0 Å². The molecule has 0 heterocycles. The van der Waals surface area contributed by atoms with Crippen LogP contribution in [0.25, 0.3) is 0 Å². The highest BCUT2D eigenvalue weighted by molar-refractivity contribution is 9.10. The van der Waals surface area contributed by atoms with Gasteiger partial charge in [0.15, 0.2) is 0 Å². The molecule has 2 aromatic carbocycles. The summed E-state index contributed by atoms with van der Waals surface area (Å²) in [6.07, 6.45) is 0. The van der Waals surface area contributed by atoms with Gasteiger partial charge in [0.1, 0.15) is 5.75 Å². The molecule has 0 aromatic heterocycles. The molecule has 2 aromatic rings. The molecule has 2 nitrogen and oxygen atoms in total. The van der Waals surface area contributed by atoms with Crippen molar-refractivity contribution < 1.29 is 4.74 Å². The van der Waals surface area contributed by atoms with Crippen LogP contribution in [0.2, 0.25) is 0 Å². The van der Waals surface area contributed by atoms with Crippen LogP contribution in [0.1, 0.15) is 24.1 Å². The lowest BCUT2D eigenvalue weighted by molar-refractivity contribution is 0.412. The third-order valence-corrected chi connectivity index (χ3v) is 3.75. The van der Waals surface area contributed by atoms with Gasteiger partial charge in [0.2, 0.25) is 0 Å². The molecule has 0 saturated heterocycles. The van der Waals surface area contributed by atoms with Crippen LogP contribution in [0.4, 0.5) is 0 Å². The first-order valence-corrected chi connectivity index (χ1v) is 7.10. The number of nitrogens with one attached hydrogen (secondary N) is 1. The Labute approximate surface area is 122 Å². The van der Waals surface area contributed by atoms with E-state index in [-0.39, 0.29) is 0 Å². The summed E-state index contributed by atoms with van der Waals surface area (Å²) in [6.45, 7) is 3.01. The molecule has 1 N–H and O–H groups in total. The van der Waals surface area contributed by atoms with Crippen molar-refractivity contribution in [2.45, 2.75) is 19.5 Å². The van der Waals surface area contributed by atoms with E-state index >= 15 is 0 Å². The second-order valence-electron chi connectivity index (χ2n) is 4.48. The molecule has 0 saturated carbocycles. The van der Waals surface area contributed by atoms with E-state index in [1.807, 2.05) is 12.1 Å². The third kappa shape index (κ3) is 3.82. The number of hydrogen-bond donors (Lipinski definition) is 1. The molecule has 0 aliphatic heterocycles. The van der Waals surface area contributed by atoms with E-state index in [9.17, 15) is 0 Å². The van der Waals surface area contributed by atoms with Crippen LogP contribution in [0.3, 0.4) is 0 Å². The molecule has 0 radical (unpaired) electrons. The van der Waals surface area contributed by atoms with Gasteiger partial charge < -0.3 is 10.1 Å². The summed E-state index contributed by atoms with van der Waals surface area (Å²) in [4.78, 5) is 0. The normalized spacial score (nSPS) is 12.2. The third-order valence-electron chi connectivity index (χ3n) is 3.13. The molecule has 0 aliphatic carbocycles. The molecule has 0 bridgehead atoms. The average molecular weight is 320 g/mol. The van der Waals surface area contributed by atoms with Crippen LogP contribution in [0.5, 0.6) is 5.75 Å². The standard InChI is InChI=1S/C16H18BrNO/c1-12(14-6-4-3-5-7-14)18-11-13-8-9-16(19-2)15(17)10-13/h3-10,12,18H,11H2,1-2H3. The van der Waals surface area contributed by atoms with Gasteiger partial charge in [-0.15, -0.1) is 0 Å². The molecule has 1 atom stereocenters. The summed E-state index contributed by atoms with van der Waals surface area (Å²) >= 11 is 3.51. The highest BCUT2D eigenvalue weighted by Gasteiger charge is 2.05. The summed E-state index contributed by atoms with van der Waals surface area (Å²) in [7, 11) is 1.68. The van der Waals surface area contributed by atoms with E-state index in [0.29, 0.717) is 6.04 Å². The summed E-state index contributed by atoms with van der Waals surface area (Å²) < 4.78 is 6.22. The van der Waals surface area contributed by atoms with Crippen LogP contribution in [-0.4, -0.2) is 7.11 Å². The van der Waals surface area contributed by atoms with E-state index in [2.05, 4.69) is 64.6 Å². The maximum atomic E-state index is 5.23. The number of benzene rings is 2. The predicted octanol–water partition coefficient (Wildman–Crippen LogP) is 4.31. The topological polar surface area (TPSA) is 21.3 Å². The molecular formula is C16H18BrNO.